The lowest BCUT2D eigenvalue weighted by molar-refractivity contribution is -0.167. The number of phenols is 1. The molecule has 11 nitrogen and oxygen atoms in total. The number of phenolic OH excluding ortho intramolecular Hbond substituents is 1. The number of aromatic amines is 1. The highest BCUT2D eigenvalue weighted by Gasteiger charge is 2.46. The summed E-state index contributed by atoms with van der Waals surface area (Å²) in [5.41, 5.74) is 3.37. The van der Waals surface area contributed by atoms with Crippen molar-refractivity contribution in [1.82, 2.24) is 25.5 Å². The number of amides is 1. The number of esters is 1. The molecule has 2 atom stereocenters. The molecule has 2 aromatic heterocycles. The van der Waals surface area contributed by atoms with Crippen molar-refractivity contribution in [2.75, 3.05) is 32.7 Å². The molecular formula is C41H49N5O6. The summed E-state index contributed by atoms with van der Waals surface area (Å²) in [4.78, 5) is 48.0. The van der Waals surface area contributed by atoms with Gasteiger partial charge in [-0.05, 0) is 98.5 Å². The number of piperidine rings is 3. The molecule has 2 bridgehead atoms. The molecule has 1 saturated carbocycles. The molecule has 1 amide bonds. The van der Waals surface area contributed by atoms with Crippen molar-refractivity contribution in [2.24, 2.45) is 5.92 Å². The van der Waals surface area contributed by atoms with Crippen LogP contribution in [0.2, 0.25) is 0 Å². The number of ether oxygens (including phenoxy) is 1. The normalized spacial score (nSPS) is 21.4. The number of rotatable bonds is 13. The van der Waals surface area contributed by atoms with E-state index in [1.165, 1.54) is 12.1 Å². The number of fused-ring (bicyclic) bond motifs is 4. The van der Waals surface area contributed by atoms with Gasteiger partial charge >= 0.3 is 5.97 Å². The molecule has 11 heteroatoms. The minimum Gasteiger partial charge on any atom is -0.506 e. The monoisotopic (exact) mass is 707 g/mol. The average Bonchev–Trinajstić information content (AvgIpc) is 3.18. The first-order chi connectivity index (χ1) is 25.3. The van der Waals surface area contributed by atoms with Crippen molar-refractivity contribution in [3.63, 3.8) is 0 Å². The second-order valence-electron chi connectivity index (χ2n) is 14.8. The Balaban J connectivity index is 0.878. The summed E-state index contributed by atoms with van der Waals surface area (Å²) in [7, 11) is 0. The first-order valence-electron chi connectivity index (χ1n) is 18.8. The van der Waals surface area contributed by atoms with Gasteiger partial charge in [0.25, 0.3) is 5.91 Å². The fourth-order valence-electron chi connectivity index (χ4n) is 8.34. The Kier molecular flexibility index (Phi) is 11.0. The van der Waals surface area contributed by atoms with Crippen molar-refractivity contribution in [2.45, 2.75) is 82.0 Å². The van der Waals surface area contributed by atoms with E-state index in [9.17, 15) is 24.6 Å². The summed E-state index contributed by atoms with van der Waals surface area (Å²) in [5.74, 6) is 0.205. The number of H-pyrrole nitrogens is 1. The second kappa shape index (κ2) is 16.0. The van der Waals surface area contributed by atoms with Crippen LogP contribution >= 0.6 is 0 Å². The summed E-state index contributed by atoms with van der Waals surface area (Å²) in [6.07, 6.45) is 9.35. The molecule has 1 aliphatic carbocycles. The zero-order valence-electron chi connectivity index (χ0n) is 29.6. The summed E-state index contributed by atoms with van der Waals surface area (Å²) < 4.78 is 6.34. The van der Waals surface area contributed by atoms with Crippen molar-refractivity contribution in [3.8, 4) is 5.75 Å². The number of aliphatic hydroxyl groups is 1. The molecule has 274 valence electrons. The number of carbonyl (C=O) groups is 2. The van der Waals surface area contributed by atoms with Gasteiger partial charge in [-0.2, -0.15) is 0 Å². The first-order valence-corrected chi connectivity index (χ1v) is 18.8. The molecule has 8 rings (SSSR count). The van der Waals surface area contributed by atoms with E-state index in [1.807, 2.05) is 0 Å². The van der Waals surface area contributed by atoms with E-state index in [0.29, 0.717) is 41.2 Å². The van der Waals surface area contributed by atoms with E-state index < -0.39 is 11.5 Å². The van der Waals surface area contributed by atoms with E-state index in [2.05, 4.69) is 49.8 Å². The highest BCUT2D eigenvalue weighted by molar-refractivity contribution is 5.93. The number of benzene rings is 2. The van der Waals surface area contributed by atoms with E-state index in [1.54, 1.807) is 30.5 Å². The molecular weight excluding hydrogens is 658 g/mol. The van der Waals surface area contributed by atoms with Gasteiger partial charge < -0.3 is 30.6 Å². The lowest BCUT2D eigenvalue weighted by Crippen LogP contribution is -2.53. The Bertz CT molecular complexity index is 1930. The van der Waals surface area contributed by atoms with Crippen LogP contribution in [0.25, 0.3) is 10.9 Å². The van der Waals surface area contributed by atoms with Crippen LogP contribution in [-0.4, -0.2) is 75.8 Å². The maximum absolute atomic E-state index is 13.9. The van der Waals surface area contributed by atoms with Gasteiger partial charge in [0.1, 0.15) is 11.9 Å². The third-order valence-electron chi connectivity index (χ3n) is 11.4. The van der Waals surface area contributed by atoms with Crippen molar-refractivity contribution >= 4 is 22.8 Å². The van der Waals surface area contributed by atoms with Gasteiger partial charge in [-0.1, -0.05) is 49.6 Å². The molecule has 4 aliphatic rings. The molecule has 4 aromatic rings. The number of nitrogens with zero attached hydrogens (tertiary/aromatic N) is 2. The van der Waals surface area contributed by atoms with Crippen LogP contribution in [0.3, 0.4) is 0 Å². The average molecular weight is 708 g/mol. The van der Waals surface area contributed by atoms with Crippen LogP contribution in [0.1, 0.15) is 90.2 Å². The largest absolute Gasteiger partial charge is 0.506 e. The standard InChI is InChI=1S/C41H49N5O6/c47-34-13-11-32(33-12-14-37(49)45-38(33)34)35(48)25-42-24-31-10-9-29(23-44-31)39(50)43-19-5-7-27-6-4-8-30(22-27)41(17-2-1-3-18-41)40(51)52-36-26-46-20-15-28(36)16-21-46/h4,6,8-14,22-23,28,35-36,42,47-48H,1-3,5,7,15-21,24-26H2,(H,43,50)(H,45,49)/t35-,36?/m0/s1. The quantitative estimate of drug-likeness (QED) is 0.0986. The minimum absolute atomic E-state index is 0.0113. The van der Waals surface area contributed by atoms with Crippen molar-refractivity contribution in [1.29, 1.82) is 0 Å². The Morgan fingerprint density at radius 2 is 1.87 bits per heavy atom. The Morgan fingerprint density at radius 1 is 1.04 bits per heavy atom. The Morgan fingerprint density at radius 3 is 2.62 bits per heavy atom. The van der Waals surface area contributed by atoms with Gasteiger partial charge in [0.2, 0.25) is 5.56 Å². The first kappa shape index (κ1) is 35.8. The molecule has 5 heterocycles. The van der Waals surface area contributed by atoms with Crippen LogP contribution in [0.5, 0.6) is 5.75 Å². The molecule has 2 aromatic carbocycles. The summed E-state index contributed by atoms with van der Waals surface area (Å²) in [6.45, 7) is 4.22. The van der Waals surface area contributed by atoms with Crippen molar-refractivity contribution < 1.29 is 24.5 Å². The molecule has 3 saturated heterocycles. The third-order valence-corrected chi connectivity index (χ3v) is 11.4. The molecule has 5 N–H and O–H groups in total. The second-order valence-corrected chi connectivity index (χ2v) is 14.8. The van der Waals surface area contributed by atoms with Crippen LogP contribution in [0.15, 0.2) is 71.7 Å². The number of carbonyl (C=O) groups excluding carboxylic acids is 2. The summed E-state index contributed by atoms with van der Waals surface area (Å²) in [6, 6.07) is 18.0. The fraction of sp³-hybridized carbons (Fsp3) is 0.463. The van der Waals surface area contributed by atoms with Crippen LogP contribution in [-0.2, 0) is 27.9 Å². The molecule has 52 heavy (non-hydrogen) atoms. The van der Waals surface area contributed by atoms with E-state index in [4.69, 9.17) is 4.74 Å². The zero-order valence-corrected chi connectivity index (χ0v) is 29.6. The van der Waals surface area contributed by atoms with Crippen LogP contribution in [0, 0.1) is 5.92 Å². The van der Waals surface area contributed by atoms with Gasteiger partial charge in [-0.15, -0.1) is 0 Å². The van der Waals surface area contributed by atoms with E-state index >= 15 is 0 Å². The smallest absolute Gasteiger partial charge is 0.316 e. The summed E-state index contributed by atoms with van der Waals surface area (Å²) >= 11 is 0. The summed E-state index contributed by atoms with van der Waals surface area (Å²) in [5, 5.41) is 27.7. The highest BCUT2D eigenvalue weighted by atomic mass is 16.5. The van der Waals surface area contributed by atoms with Crippen LogP contribution in [0.4, 0.5) is 0 Å². The fourth-order valence-corrected chi connectivity index (χ4v) is 8.34. The Labute approximate surface area is 303 Å². The SMILES string of the molecule is O=C(NCCCc1cccc(C2(C(=O)OC3CN4CCC3CC4)CCCCC2)c1)c1ccc(CNC[C@H](O)c2ccc(O)c3[nH]c(=O)ccc23)nc1. The lowest BCUT2D eigenvalue weighted by Gasteiger charge is -2.45. The lowest BCUT2D eigenvalue weighted by atomic mass is 9.69. The number of aliphatic hydroxyl groups excluding tert-OH is 1. The van der Waals surface area contributed by atoms with Gasteiger partial charge in [0.15, 0.2) is 0 Å². The third kappa shape index (κ3) is 7.91. The number of pyridine rings is 2. The number of aryl methyl sites for hydroxylation is 1. The minimum atomic E-state index is -0.883. The van der Waals surface area contributed by atoms with Gasteiger partial charge in [-0.25, -0.2) is 0 Å². The molecule has 3 aliphatic heterocycles. The van der Waals surface area contributed by atoms with Crippen molar-refractivity contribution in [3.05, 3.63) is 105 Å². The van der Waals surface area contributed by atoms with E-state index in [-0.39, 0.29) is 41.4 Å². The molecule has 1 unspecified atom stereocenters. The number of hydrogen-bond donors (Lipinski definition) is 5. The van der Waals surface area contributed by atoms with Gasteiger partial charge in [0, 0.05) is 43.8 Å². The van der Waals surface area contributed by atoms with Gasteiger partial charge in [0.05, 0.1) is 28.3 Å². The number of hydrogen-bond acceptors (Lipinski definition) is 9. The molecule has 0 spiro atoms. The number of nitrogens with one attached hydrogen (secondary N) is 3. The predicted molar refractivity (Wildman–Crippen MR) is 198 cm³/mol. The molecule has 4 fully saturated rings. The highest BCUT2D eigenvalue weighted by Crippen LogP contribution is 2.42. The number of aromatic nitrogens is 2. The number of aromatic hydroxyl groups is 1. The predicted octanol–water partition coefficient (Wildman–Crippen LogP) is 4.65. The Hall–Kier alpha value is -4.58. The maximum atomic E-state index is 13.9. The van der Waals surface area contributed by atoms with E-state index in [0.717, 1.165) is 88.5 Å². The topological polar surface area (TPSA) is 157 Å². The zero-order chi connectivity index (χ0) is 36.1. The molecule has 0 radical (unpaired) electrons. The van der Waals surface area contributed by atoms with Gasteiger partial charge in [-0.3, -0.25) is 24.3 Å². The van der Waals surface area contributed by atoms with Crippen LogP contribution < -0.4 is 16.2 Å². The maximum Gasteiger partial charge on any atom is 0.316 e.